The van der Waals surface area contributed by atoms with Crippen LogP contribution in [0.3, 0.4) is 0 Å². The van der Waals surface area contributed by atoms with E-state index in [1.807, 2.05) is 12.1 Å². The van der Waals surface area contributed by atoms with Crippen LogP contribution in [-0.4, -0.2) is 31.7 Å². The molecule has 2 heteroatoms. The van der Waals surface area contributed by atoms with Crippen LogP contribution < -0.4 is 17.0 Å². The van der Waals surface area contributed by atoms with Gasteiger partial charge in [0, 0.05) is 12.0 Å². The first kappa shape index (κ1) is 16.1. The Hall–Kier alpha value is -0.860. The molecule has 0 aliphatic heterocycles. The fourth-order valence-corrected chi connectivity index (χ4v) is 1.80. The summed E-state index contributed by atoms with van der Waals surface area (Å²) in [6, 6.07) is 10.4. The molecule has 0 aromatic heterocycles. The summed E-state index contributed by atoms with van der Waals surface area (Å²) in [5.74, 6) is 0. The van der Waals surface area contributed by atoms with E-state index in [-0.39, 0.29) is 17.0 Å². The van der Waals surface area contributed by atoms with E-state index in [9.17, 15) is 0 Å². The van der Waals surface area contributed by atoms with Crippen LogP contribution in [-0.2, 0) is 0 Å². The van der Waals surface area contributed by atoms with E-state index in [1.54, 1.807) is 0 Å². The van der Waals surface area contributed by atoms with Crippen LogP contribution in [0.4, 0.5) is 0 Å². The molecule has 0 spiro atoms. The van der Waals surface area contributed by atoms with E-state index in [4.69, 9.17) is 0 Å². The molecule has 0 N–H and O–H groups in total. The topological polar surface area (TPSA) is 0 Å². The molecule has 0 bridgehead atoms. The summed E-state index contributed by atoms with van der Waals surface area (Å²) in [6.07, 6.45) is 3.03. The van der Waals surface area contributed by atoms with Gasteiger partial charge in [0.2, 0.25) is 0 Å². The minimum atomic E-state index is 0. The smallest absolute Gasteiger partial charge is 0.104 e. The third kappa shape index (κ3) is 5.85. The van der Waals surface area contributed by atoms with Gasteiger partial charge in [-0.15, -0.1) is 6.58 Å². The fourth-order valence-electron chi connectivity index (χ4n) is 1.80. The maximum absolute atomic E-state index is 4.18. The van der Waals surface area contributed by atoms with Crippen LogP contribution in [0.2, 0.25) is 0 Å². The highest BCUT2D eigenvalue weighted by atomic mass is 79.9. The Bertz CT molecular complexity index is 354. The number of benzene rings is 1. The highest BCUT2D eigenvalue weighted by Crippen LogP contribution is 2.15. The van der Waals surface area contributed by atoms with Gasteiger partial charge in [-0.3, -0.25) is 0 Å². The SMILES string of the molecule is C=CCC[N+](C)(C)CC(=C)c1ccccc1.[Br-]. The highest BCUT2D eigenvalue weighted by Gasteiger charge is 2.15. The van der Waals surface area contributed by atoms with E-state index >= 15 is 0 Å². The predicted molar refractivity (Wildman–Crippen MR) is 72.1 cm³/mol. The van der Waals surface area contributed by atoms with E-state index in [2.05, 4.69) is 51.5 Å². The average Bonchev–Trinajstić information content (AvgIpc) is 2.27. The van der Waals surface area contributed by atoms with Crippen molar-refractivity contribution in [2.75, 3.05) is 27.2 Å². The van der Waals surface area contributed by atoms with E-state index in [1.165, 1.54) is 11.1 Å². The molecule has 0 amide bonds. The molecule has 1 nitrogen and oxygen atoms in total. The molecule has 0 saturated carbocycles. The zero-order valence-electron chi connectivity index (χ0n) is 10.8. The quantitative estimate of drug-likeness (QED) is 0.525. The molecule has 1 rings (SSSR count). The summed E-state index contributed by atoms with van der Waals surface area (Å²) < 4.78 is 0.958. The van der Waals surface area contributed by atoms with Gasteiger partial charge >= 0.3 is 0 Å². The van der Waals surface area contributed by atoms with Gasteiger partial charge in [-0.2, -0.15) is 0 Å². The van der Waals surface area contributed by atoms with Crippen molar-refractivity contribution in [2.45, 2.75) is 6.42 Å². The van der Waals surface area contributed by atoms with Gasteiger partial charge in [0.1, 0.15) is 6.54 Å². The van der Waals surface area contributed by atoms with Gasteiger partial charge in [-0.1, -0.05) is 43.0 Å². The fraction of sp³-hybridized carbons (Fsp3) is 0.333. The molecule has 0 atom stereocenters. The monoisotopic (exact) mass is 295 g/mol. The zero-order chi connectivity index (χ0) is 12.0. The Kier molecular flexibility index (Phi) is 7.09. The summed E-state index contributed by atoms with van der Waals surface area (Å²) >= 11 is 0. The van der Waals surface area contributed by atoms with Crippen LogP contribution in [0.1, 0.15) is 12.0 Å². The highest BCUT2D eigenvalue weighted by molar-refractivity contribution is 5.63. The Labute approximate surface area is 116 Å². The van der Waals surface area contributed by atoms with Crippen molar-refractivity contribution in [3.05, 3.63) is 55.1 Å². The van der Waals surface area contributed by atoms with Crippen molar-refractivity contribution in [1.29, 1.82) is 0 Å². The van der Waals surface area contributed by atoms with E-state index in [0.717, 1.165) is 24.0 Å². The van der Waals surface area contributed by atoms with Crippen molar-refractivity contribution in [3.8, 4) is 0 Å². The lowest BCUT2D eigenvalue weighted by Crippen LogP contribution is -3.00. The largest absolute Gasteiger partial charge is 1.00 e. The number of hydrogen-bond acceptors (Lipinski definition) is 0. The molecule has 0 unspecified atom stereocenters. The van der Waals surface area contributed by atoms with Crippen molar-refractivity contribution in [2.24, 2.45) is 0 Å². The predicted octanol–water partition coefficient (Wildman–Crippen LogP) is 0.356. The maximum Gasteiger partial charge on any atom is 0.104 e. The second-order valence-electron chi connectivity index (χ2n) is 4.86. The van der Waals surface area contributed by atoms with Gasteiger partial charge in [0.15, 0.2) is 0 Å². The van der Waals surface area contributed by atoms with E-state index < -0.39 is 0 Å². The molecule has 1 aromatic carbocycles. The average molecular weight is 296 g/mol. The maximum atomic E-state index is 4.18. The summed E-state index contributed by atoms with van der Waals surface area (Å²) in [5.41, 5.74) is 2.45. The standard InChI is InChI=1S/C15H22N.BrH/c1-5-6-12-16(3,4)13-14(2)15-10-8-7-9-11-15;/h5,7-11H,1-2,6,12-13H2,3-4H3;1H/q+1;/p-1. The number of likely N-dealkylation sites (N-methyl/N-ethyl adjacent to an activating group) is 1. The van der Waals surface area contributed by atoms with Crippen molar-refractivity contribution >= 4 is 5.57 Å². The van der Waals surface area contributed by atoms with Gasteiger partial charge in [0.25, 0.3) is 0 Å². The number of rotatable bonds is 6. The van der Waals surface area contributed by atoms with Crippen LogP contribution in [0, 0.1) is 0 Å². The second kappa shape index (κ2) is 7.46. The molecule has 94 valence electrons. The Balaban J connectivity index is 0.00000256. The number of hydrogen-bond donors (Lipinski definition) is 0. The lowest BCUT2D eigenvalue weighted by Gasteiger charge is -2.30. The lowest BCUT2D eigenvalue weighted by molar-refractivity contribution is -0.882. The van der Waals surface area contributed by atoms with Gasteiger partial charge < -0.3 is 21.5 Å². The van der Waals surface area contributed by atoms with Crippen LogP contribution >= 0.6 is 0 Å². The molecule has 0 heterocycles. The minimum absolute atomic E-state index is 0. The first-order valence-corrected chi connectivity index (χ1v) is 5.71. The summed E-state index contributed by atoms with van der Waals surface area (Å²) in [4.78, 5) is 0. The third-order valence-electron chi connectivity index (χ3n) is 2.74. The van der Waals surface area contributed by atoms with Crippen molar-refractivity contribution in [1.82, 2.24) is 0 Å². The van der Waals surface area contributed by atoms with Crippen molar-refractivity contribution < 1.29 is 21.5 Å². The second-order valence-corrected chi connectivity index (χ2v) is 4.86. The third-order valence-corrected chi connectivity index (χ3v) is 2.74. The molecule has 0 radical (unpaired) electrons. The Morgan fingerprint density at radius 2 is 1.82 bits per heavy atom. The molecule has 1 aromatic rings. The number of halogens is 1. The Morgan fingerprint density at radius 3 is 2.35 bits per heavy atom. The summed E-state index contributed by atoms with van der Waals surface area (Å²) in [7, 11) is 4.47. The molecule has 0 aliphatic rings. The van der Waals surface area contributed by atoms with Crippen LogP contribution in [0.5, 0.6) is 0 Å². The Morgan fingerprint density at radius 1 is 1.24 bits per heavy atom. The normalized spacial score (nSPS) is 10.5. The minimum Gasteiger partial charge on any atom is -1.00 e. The van der Waals surface area contributed by atoms with Gasteiger partial charge in [0.05, 0.1) is 20.6 Å². The number of nitrogens with zero attached hydrogens (tertiary/aromatic N) is 1. The van der Waals surface area contributed by atoms with Gasteiger partial charge in [-0.05, 0) is 5.56 Å². The van der Waals surface area contributed by atoms with Crippen molar-refractivity contribution in [3.63, 3.8) is 0 Å². The molecule has 0 fully saturated rings. The molecular weight excluding hydrogens is 274 g/mol. The number of quaternary nitrogens is 1. The molecule has 0 saturated heterocycles. The van der Waals surface area contributed by atoms with E-state index in [0.29, 0.717) is 0 Å². The van der Waals surface area contributed by atoms with Crippen LogP contribution in [0.15, 0.2) is 49.6 Å². The molecular formula is C15H22BrN. The summed E-state index contributed by atoms with van der Waals surface area (Å²) in [5, 5.41) is 0. The van der Waals surface area contributed by atoms with Gasteiger partial charge in [-0.25, -0.2) is 0 Å². The van der Waals surface area contributed by atoms with Crippen LogP contribution in [0.25, 0.3) is 5.57 Å². The molecule has 17 heavy (non-hydrogen) atoms. The lowest BCUT2D eigenvalue weighted by atomic mass is 10.1. The molecule has 0 aliphatic carbocycles. The zero-order valence-corrected chi connectivity index (χ0v) is 12.4. The first-order chi connectivity index (χ1) is 7.55. The first-order valence-electron chi connectivity index (χ1n) is 5.71. The summed E-state index contributed by atoms with van der Waals surface area (Å²) in [6.45, 7) is 10.0.